The van der Waals surface area contributed by atoms with Gasteiger partial charge in [-0.25, -0.2) is 9.78 Å². The number of rotatable bonds is 4. The van der Waals surface area contributed by atoms with Gasteiger partial charge in [-0.05, 0) is 38.5 Å². The summed E-state index contributed by atoms with van der Waals surface area (Å²) in [5.74, 6) is -0.247. The number of aryl methyl sites for hydroxylation is 2. The zero-order valence-corrected chi connectivity index (χ0v) is 14.8. The topological polar surface area (TPSA) is 89.1 Å². The van der Waals surface area contributed by atoms with E-state index in [0.29, 0.717) is 33.5 Å². The number of esters is 1. The number of thiophene rings is 1. The molecule has 2 heterocycles. The summed E-state index contributed by atoms with van der Waals surface area (Å²) in [5.41, 5.74) is 1.48. The number of carbonyl (C=O) groups is 2. The van der Waals surface area contributed by atoms with Crippen molar-refractivity contribution >= 4 is 33.8 Å². The maximum absolute atomic E-state index is 12.3. The van der Waals surface area contributed by atoms with Crippen LogP contribution in [0.5, 0.6) is 0 Å². The Bertz CT molecular complexity index is 1020. The molecule has 0 saturated carbocycles. The first-order valence-corrected chi connectivity index (χ1v) is 8.48. The highest BCUT2D eigenvalue weighted by Crippen LogP contribution is 2.27. The summed E-state index contributed by atoms with van der Waals surface area (Å²) in [4.78, 5) is 44.0. The van der Waals surface area contributed by atoms with Gasteiger partial charge in [0, 0.05) is 10.4 Å². The fourth-order valence-electron chi connectivity index (χ4n) is 2.45. The molecule has 3 rings (SSSR count). The number of hydrogen-bond donors (Lipinski definition) is 1. The minimum Gasteiger partial charge on any atom is -0.451 e. The average molecular weight is 356 g/mol. The second kappa shape index (κ2) is 6.60. The van der Waals surface area contributed by atoms with Gasteiger partial charge in [-0.1, -0.05) is 12.1 Å². The van der Waals surface area contributed by atoms with Gasteiger partial charge in [-0.3, -0.25) is 9.59 Å². The largest absolute Gasteiger partial charge is 0.451 e. The van der Waals surface area contributed by atoms with E-state index in [1.807, 2.05) is 13.8 Å². The highest BCUT2D eigenvalue weighted by molar-refractivity contribution is 7.18. The minimum atomic E-state index is -0.710. The Kier molecular flexibility index (Phi) is 4.50. The third-order valence-electron chi connectivity index (χ3n) is 4.01. The number of benzene rings is 1. The number of nitrogens with one attached hydrogen (secondary N) is 1. The van der Waals surface area contributed by atoms with E-state index >= 15 is 0 Å². The molecule has 0 amide bonds. The van der Waals surface area contributed by atoms with Crippen molar-refractivity contribution in [3.63, 3.8) is 0 Å². The molecule has 25 heavy (non-hydrogen) atoms. The van der Waals surface area contributed by atoms with Crippen molar-refractivity contribution in [2.24, 2.45) is 0 Å². The van der Waals surface area contributed by atoms with E-state index in [0.717, 1.165) is 10.4 Å². The predicted molar refractivity (Wildman–Crippen MR) is 95.4 cm³/mol. The van der Waals surface area contributed by atoms with Gasteiger partial charge in [-0.15, -0.1) is 11.3 Å². The molecule has 0 unspecified atom stereocenters. The Morgan fingerprint density at radius 2 is 1.96 bits per heavy atom. The molecule has 0 spiro atoms. The summed E-state index contributed by atoms with van der Waals surface area (Å²) in [6, 6.07) is 6.11. The van der Waals surface area contributed by atoms with Crippen molar-refractivity contribution in [2.45, 2.75) is 26.9 Å². The monoisotopic (exact) mass is 356 g/mol. The number of H-pyrrole nitrogens is 1. The molecular weight excluding hydrogens is 340 g/mol. The zero-order chi connectivity index (χ0) is 18.1. The van der Waals surface area contributed by atoms with Crippen molar-refractivity contribution in [3.05, 3.63) is 62.0 Å². The molecule has 1 atom stereocenters. The van der Waals surface area contributed by atoms with Gasteiger partial charge >= 0.3 is 5.97 Å². The van der Waals surface area contributed by atoms with Crippen molar-refractivity contribution in [1.29, 1.82) is 0 Å². The highest BCUT2D eigenvalue weighted by Gasteiger charge is 2.19. The van der Waals surface area contributed by atoms with Crippen LogP contribution in [0.3, 0.4) is 0 Å². The second-order valence-corrected chi connectivity index (χ2v) is 6.91. The third kappa shape index (κ3) is 3.23. The Hall–Kier alpha value is -2.80. The predicted octanol–water partition coefficient (Wildman–Crippen LogP) is 3.33. The molecule has 0 aliphatic rings. The molecule has 1 N–H and O–H groups in total. The summed E-state index contributed by atoms with van der Waals surface area (Å²) in [7, 11) is 0. The third-order valence-corrected chi connectivity index (χ3v) is 5.11. The van der Waals surface area contributed by atoms with Crippen LogP contribution in [0.15, 0.2) is 29.1 Å². The normalized spacial score (nSPS) is 12.1. The molecule has 6 nitrogen and oxygen atoms in total. The first-order chi connectivity index (χ1) is 11.9. The lowest BCUT2D eigenvalue weighted by molar-refractivity contribution is 0.0320. The number of carbonyl (C=O) groups excluding carboxylic acids is 2. The van der Waals surface area contributed by atoms with Crippen LogP contribution < -0.4 is 5.56 Å². The molecule has 3 aromatic rings. The number of aromatic amines is 1. The number of aldehydes is 1. The van der Waals surface area contributed by atoms with Crippen molar-refractivity contribution in [1.82, 2.24) is 9.97 Å². The van der Waals surface area contributed by atoms with E-state index in [1.54, 1.807) is 6.92 Å². The van der Waals surface area contributed by atoms with Crippen LogP contribution in [0.1, 0.15) is 50.0 Å². The molecule has 0 saturated heterocycles. The first kappa shape index (κ1) is 17.0. The van der Waals surface area contributed by atoms with E-state index in [-0.39, 0.29) is 5.56 Å². The number of aromatic nitrogens is 2. The van der Waals surface area contributed by atoms with Crippen LogP contribution in [0.4, 0.5) is 0 Å². The maximum Gasteiger partial charge on any atom is 0.338 e. The molecule has 128 valence electrons. The number of nitrogens with zero attached hydrogens (tertiary/aromatic N) is 1. The number of ether oxygens (including phenoxy) is 1. The summed E-state index contributed by atoms with van der Waals surface area (Å²) >= 11 is 1.44. The molecule has 0 fully saturated rings. The van der Waals surface area contributed by atoms with Gasteiger partial charge in [0.2, 0.25) is 0 Å². The lowest BCUT2D eigenvalue weighted by atomic mass is 10.1. The SMILES string of the molecule is Cc1sc2nc([C@@H](C)OC(=O)c3ccc(C=O)cc3)[nH]c(=O)c2c1C. The average Bonchev–Trinajstić information content (AvgIpc) is 2.89. The number of fused-ring (bicyclic) bond motifs is 1. The van der Waals surface area contributed by atoms with Crippen molar-refractivity contribution < 1.29 is 14.3 Å². The van der Waals surface area contributed by atoms with Crippen LogP contribution in [0.25, 0.3) is 10.2 Å². The van der Waals surface area contributed by atoms with Gasteiger partial charge in [0.05, 0.1) is 10.9 Å². The molecular formula is C18H16N2O4S. The Morgan fingerprint density at radius 1 is 1.28 bits per heavy atom. The quantitative estimate of drug-likeness (QED) is 0.572. The smallest absolute Gasteiger partial charge is 0.338 e. The summed E-state index contributed by atoms with van der Waals surface area (Å²) in [5, 5.41) is 0.578. The van der Waals surface area contributed by atoms with E-state index in [9.17, 15) is 14.4 Å². The lowest BCUT2D eigenvalue weighted by Crippen LogP contribution is -2.17. The van der Waals surface area contributed by atoms with Crippen LogP contribution in [0, 0.1) is 13.8 Å². The van der Waals surface area contributed by atoms with Crippen LogP contribution in [0.2, 0.25) is 0 Å². The van der Waals surface area contributed by atoms with Crippen molar-refractivity contribution in [2.75, 3.05) is 0 Å². The highest BCUT2D eigenvalue weighted by atomic mass is 32.1. The molecule has 2 aromatic heterocycles. The van der Waals surface area contributed by atoms with Crippen LogP contribution in [-0.4, -0.2) is 22.2 Å². The summed E-state index contributed by atoms with van der Waals surface area (Å²) < 4.78 is 5.38. The van der Waals surface area contributed by atoms with Gasteiger partial charge in [0.1, 0.15) is 11.1 Å². The Morgan fingerprint density at radius 3 is 2.60 bits per heavy atom. The van der Waals surface area contributed by atoms with E-state index < -0.39 is 12.1 Å². The molecule has 0 aliphatic heterocycles. The Labute approximate surface area is 147 Å². The number of hydrogen-bond acceptors (Lipinski definition) is 6. The van der Waals surface area contributed by atoms with E-state index in [4.69, 9.17) is 4.74 Å². The van der Waals surface area contributed by atoms with Gasteiger partial charge in [-0.2, -0.15) is 0 Å². The second-order valence-electron chi connectivity index (χ2n) is 5.70. The fourth-order valence-corrected chi connectivity index (χ4v) is 3.48. The molecule has 7 heteroatoms. The Balaban J connectivity index is 1.86. The minimum absolute atomic E-state index is 0.236. The van der Waals surface area contributed by atoms with Crippen LogP contribution in [-0.2, 0) is 4.74 Å². The molecule has 0 radical (unpaired) electrons. The molecule has 0 aliphatic carbocycles. The molecule has 1 aromatic carbocycles. The first-order valence-electron chi connectivity index (χ1n) is 7.67. The van der Waals surface area contributed by atoms with Crippen LogP contribution >= 0.6 is 11.3 Å². The maximum atomic E-state index is 12.3. The van der Waals surface area contributed by atoms with E-state index in [2.05, 4.69) is 9.97 Å². The van der Waals surface area contributed by atoms with Crippen molar-refractivity contribution in [3.8, 4) is 0 Å². The molecule has 0 bridgehead atoms. The van der Waals surface area contributed by atoms with E-state index in [1.165, 1.54) is 35.6 Å². The lowest BCUT2D eigenvalue weighted by Gasteiger charge is -2.12. The van der Waals surface area contributed by atoms with Gasteiger partial charge < -0.3 is 9.72 Å². The fraction of sp³-hybridized carbons (Fsp3) is 0.222. The standard InChI is InChI=1S/C18H16N2O4S/c1-9-11(3)25-17-14(9)16(22)19-15(20-17)10(2)24-18(23)13-6-4-12(8-21)5-7-13/h4-8,10H,1-3H3,(H,19,20,22)/t10-/m1/s1. The van der Waals surface area contributed by atoms with Gasteiger partial charge in [0.25, 0.3) is 5.56 Å². The summed E-state index contributed by atoms with van der Waals surface area (Å²) in [6.07, 6.45) is -0.00912. The summed E-state index contributed by atoms with van der Waals surface area (Å²) in [6.45, 7) is 5.47. The van der Waals surface area contributed by atoms with Gasteiger partial charge in [0.15, 0.2) is 11.9 Å². The zero-order valence-electron chi connectivity index (χ0n) is 14.0.